The van der Waals surface area contributed by atoms with Crippen LogP contribution in [0.5, 0.6) is 0 Å². The number of carbonyl (C=O) groups is 1. The third kappa shape index (κ3) is 4.25. The van der Waals surface area contributed by atoms with Gasteiger partial charge in [-0.3, -0.25) is 4.79 Å². The summed E-state index contributed by atoms with van der Waals surface area (Å²) in [5, 5.41) is 21.2. The summed E-state index contributed by atoms with van der Waals surface area (Å²) in [5.74, 6) is 0.703. The van der Waals surface area contributed by atoms with Gasteiger partial charge in [-0.1, -0.05) is 29.8 Å². The summed E-state index contributed by atoms with van der Waals surface area (Å²) < 4.78 is 7.53. The predicted molar refractivity (Wildman–Crippen MR) is 94.4 cm³/mol. The lowest BCUT2D eigenvalue weighted by Crippen LogP contribution is -2.56. The topological polar surface area (TPSA) is 93.4 Å². The predicted octanol–water partition coefficient (Wildman–Crippen LogP) is 0.513. The van der Waals surface area contributed by atoms with Gasteiger partial charge in [0.05, 0.1) is 26.3 Å². The number of hydrogen-bond acceptors (Lipinski definition) is 6. The van der Waals surface area contributed by atoms with Crippen LogP contribution in [0.25, 0.3) is 0 Å². The normalized spacial score (nSPS) is 20.3. The first-order valence-corrected chi connectivity index (χ1v) is 8.82. The van der Waals surface area contributed by atoms with Gasteiger partial charge in [-0.15, -0.1) is 5.10 Å². The van der Waals surface area contributed by atoms with Gasteiger partial charge >= 0.3 is 0 Å². The maximum Gasteiger partial charge on any atom is 0.224 e. The van der Waals surface area contributed by atoms with Crippen LogP contribution < -0.4 is 0 Å². The van der Waals surface area contributed by atoms with E-state index in [1.54, 1.807) is 16.5 Å². The van der Waals surface area contributed by atoms with Crippen molar-refractivity contribution in [3.05, 3.63) is 41.2 Å². The van der Waals surface area contributed by atoms with E-state index in [1.807, 2.05) is 31.2 Å². The minimum atomic E-state index is -0.756. The summed E-state index contributed by atoms with van der Waals surface area (Å²) in [7, 11) is 0. The maximum atomic E-state index is 12.6. The second kappa shape index (κ2) is 7.92. The molecule has 26 heavy (non-hydrogen) atoms. The lowest BCUT2D eigenvalue weighted by Gasteiger charge is -2.42. The quantitative estimate of drug-likeness (QED) is 0.808. The maximum absolute atomic E-state index is 12.6. The number of morpholine rings is 1. The van der Waals surface area contributed by atoms with Crippen molar-refractivity contribution in [3.63, 3.8) is 0 Å². The average molecular weight is 359 g/mol. The van der Waals surface area contributed by atoms with Gasteiger partial charge in [-0.2, -0.15) is 0 Å². The fourth-order valence-corrected chi connectivity index (χ4v) is 3.21. The van der Waals surface area contributed by atoms with Crippen molar-refractivity contribution >= 4 is 5.91 Å². The van der Waals surface area contributed by atoms with E-state index in [9.17, 15) is 9.90 Å². The van der Waals surface area contributed by atoms with Crippen molar-refractivity contribution in [2.75, 3.05) is 26.3 Å². The Morgan fingerprint density at radius 3 is 2.73 bits per heavy atom. The molecule has 2 heterocycles. The summed E-state index contributed by atoms with van der Waals surface area (Å²) in [6.45, 7) is 5.48. The summed E-state index contributed by atoms with van der Waals surface area (Å²) in [6, 6.07) is 8.16. The number of amides is 1. The van der Waals surface area contributed by atoms with Gasteiger partial charge in [0.2, 0.25) is 5.91 Å². The Kier molecular flexibility index (Phi) is 5.63. The van der Waals surface area contributed by atoms with Crippen LogP contribution in [-0.4, -0.2) is 68.0 Å². The largest absolute Gasteiger partial charge is 0.393 e. The highest BCUT2D eigenvalue weighted by atomic mass is 16.5. The highest BCUT2D eigenvalue weighted by molar-refractivity contribution is 5.76. The first-order chi connectivity index (χ1) is 12.5. The standard InChI is InChI=1S/C18H25N5O3/c1-14-3-5-16(6-4-14)11-18(13-24)12-22(9-10-26-18)17(25)7-8-23-15(2)19-20-21-23/h3-6,24H,7-13H2,1-2H3/t18-/m0/s1. The van der Waals surface area contributed by atoms with Crippen molar-refractivity contribution in [3.8, 4) is 0 Å². The number of benzene rings is 1. The molecule has 1 aliphatic rings. The first-order valence-electron chi connectivity index (χ1n) is 8.82. The highest BCUT2D eigenvalue weighted by Gasteiger charge is 2.38. The van der Waals surface area contributed by atoms with E-state index in [4.69, 9.17) is 4.74 Å². The van der Waals surface area contributed by atoms with E-state index < -0.39 is 5.60 Å². The molecule has 0 unspecified atom stereocenters. The number of aliphatic hydroxyl groups is 1. The van der Waals surface area contributed by atoms with Crippen LogP contribution in [0, 0.1) is 13.8 Å². The zero-order chi connectivity index (χ0) is 18.6. The number of rotatable bonds is 6. The Bertz CT molecular complexity index is 746. The second-order valence-corrected chi connectivity index (χ2v) is 6.87. The van der Waals surface area contributed by atoms with Gasteiger partial charge in [0.25, 0.3) is 0 Å². The van der Waals surface area contributed by atoms with Gasteiger partial charge in [0.1, 0.15) is 11.4 Å². The van der Waals surface area contributed by atoms with Crippen LogP contribution in [0.15, 0.2) is 24.3 Å². The molecule has 1 saturated heterocycles. The molecule has 0 radical (unpaired) electrons. The van der Waals surface area contributed by atoms with E-state index >= 15 is 0 Å². The van der Waals surface area contributed by atoms with Crippen LogP contribution in [-0.2, 0) is 22.5 Å². The molecule has 0 spiro atoms. The average Bonchev–Trinajstić information content (AvgIpc) is 3.07. The molecule has 1 aliphatic heterocycles. The van der Waals surface area contributed by atoms with Gasteiger partial charge in [0, 0.05) is 19.4 Å². The number of tetrazole rings is 1. The fraction of sp³-hybridized carbons (Fsp3) is 0.556. The number of carbonyl (C=O) groups excluding carboxylic acids is 1. The lowest BCUT2D eigenvalue weighted by molar-refractivity contribution is -0.158. The number of hydrogen-bond donors (Lipinski definition) is 1. The van der Waals surface area contributed by atoms with Crippen molar-refractivity contribution < 1.29 is 14.6 Å². The fourth-order valence-electron chi connectivity index (χ4n) is 3.21. The summed E-state index contributed by atoms with van der Waals surface area (Å²) in [4.78, 5) is 14.4. The van der Waals surface area contributed by atoms with Crippen molar-refractivity contribution in [1.82, 2.24) is 25.1 Å². The van der Waals surface area contributed by atoms with E-state index in [1.165, 1.54) is 5.56 Å². The summed E-state index contributed by atoms with van der Waals surface area (Å²) in [5.41, 5.74) is 1.52. The van der Waals surface area contributed by atoms with Crippen molar-refractivity contribution in [1.29, 1.82) is 0 Å². The van der Waals surface area contributed by atoms with Crippen LogP contribution in [0.3, 0.4) is 0 Å². The third-order valence-electron chi connectivity index (χ3n) is 4.78. The van der Waals surface area contributed by atoms with E-state index in [2.05, 4.69) is 15.5 Å². The second-order valence-electron chi connectivity index (χ2n) is 6.87. The van der Waals surface area contributed by atoms with Gasteiger partial charge in [-0.05, 0) is 29.8 Å². The Morgan fingerprint density at radius 2 is 2.08 bits per heavy atom. The molecule has 1 fully saturated rings. The van der Waals surface area contributed by atoms with Crippen LogP contribution in [0.1, 0.15) is 23.4 Å². The molecular formula is C18H25N5O3. The van der Waals surface area contributed by atoms with Crippen LogP contribution in [0.2, 0.25) is 0 Å². The molecule has 0 bridgehead atoms. The van der Waals surface area contributed by atoms with Crippen molar-refractivity contribution in [2.45, 2.75) is 38.8 Å². The molecule has 1 N–H and O–H groups in total. The third-order valence-corrected chi connectivity index (χ3v) is 4.78. The molecule has 3 rings (SSSR count). The Labute approximate surface area is 152 Å². The Hall–Kier alpha value is -2.32. The SMILES string of the molecule is Cc1ccc(C[C@@]2(CO)CN(C(=O)CCn3nnnc3C)CCO2)cc1. The van der Waals surface area contributed by atoms with Crippen LogP contribution in [0.4, 0.5) is 0 Å². The van der Waals surface area contributed by atoms with Gasteiger partial charge in [0.15, 0.2) is 0 Å². The Morgan fingerprint density at radius 1 is 1.31 bits per heavy atom. The number of aliphatic hydroxyl groups excluding tert-OH is 1. The van der Waals surface area contributed by atoms with E-state index in [-0.39, 0.29) is 12.5 Å². The van der Waals surface area contributed by atoms with E-state index in [0.717, 1.165) is 5.56 Å². The number of aryl methyl sites for hydroxylation is 3. The Balaban J connectivity index is 1.63. The first kappa shape index (κ1) is 18.5. The number of ether oxygens (including phenoxy) is 1. The molecule has 1 aromatic carbocycles. The molecule has 140 valence electrons. The smallest absolute Gasteiger partial charge is 0.224 e. The minimum Gasteiger partial charge on any atom is -0.393 e. The minimum absolute atomic E-state index is 0.0185. The zero-order valence-corrected chi connectivity index (χ0v) is 15.3. The molecule has 0 aliphatic carbocycles. The number of nitrogens with zero attached hydrogens (tertiary/aromatic N) is 5. The zero-order valence-electron chi connectivity index (χ0n) is 15.3. The summed E-state index contributed by atoms with van der Waals surface area (Å²) >= 11 is 0. The monoisotopic (exact) mass is 359 g/mol. The molecule has 1 amide bonds. The van der Waals surface area contributed by atoms with Gasteiger partial charge in [-0.25, -0.2) is 4.68 Å². The summed E-state index contributed by atoms with van der Waals surface area (Å²) in [6.07, 6.45) is 0.886. The van der Waals surface area contributed by atoms with Gasteiger partial charge < -0.3 is 14.7 Å². The van der Waals surface area contributed by atoms with Crippen LogP contribution >= 0.6 is 0 Å². The molecule has 1 atom stereocenters. The highest BCUT2D eigenvalue weighted by Crippen LogP contribution is 2.24. The molecule has 8 nitrogen and oxygen atoms in total. The molecule has 1 aromatic heterocycles. The molecule has 2 aromatic rings. The molecular weight excluding hydrogens is 334 g/mol. The number of aromatic nitrogens is 4. The molecule has 0 saturated carbocycles. The lowest BCUT2D eigenvalue weighted by atomic mass is 9.92. The van der Waals surface area contributed by atoms with E-state index in [0.29, 0.717) is 44.9 Å². The molecule has 8 heteroatoms. The van der Waals surface area contributed by atoms with Crippen molar-refractivity contribution in [2.24, 2.45) is 0 Å².